The fourth-order valence-corrected chi connectivity index (χ4v) is 7.02. The van der Waals surface area contributed by atoms with E-state index in [4.69, 9.17) is 5.73 Å². The Morgan fingerprint density at radius 2 is 1.76 bits per heavy atom. The number of phenols is 1. The molecule has 38 heavy (non-hydrogen) atoms. The van der Waals surface area contributed by atoms with Gasteiger partial charge in [0.1, 0.15) is 22.8 Å². The minimum atomic E-state index is -2.92. The Balaban J connectivity index is 1.72. The molecule has 2 saturated carbocycles. The number of aliphatic hydroxyl groups excluding tert-OH is 3. The number of nitrogens with one attached hydrogen (secondary N) is 1. The first-order chi connectivity index (χ1) is 17.8. The van der Waals surface area contributed by atoms with Crippen LogP contribution in [0.25, 0.3) is 5.76 Å². The summed E-state index contributed by atoms with van der Waals surface area (Å²) in [7, 11) is 2.95. The number of rotatable bonds is 4. The largest absolute Gasteiger partial charge is 0.508 e. The highest BCUT2D eigenvalue weighted by molar-refractivity contribution is 6.24. The lowest BCUT2D eigenvalue weighted by atomic mass is 9.54. The first-order valence-electron chi connectivity index (χ1n) is 12.8. The molecule has 4 aliphatic rings. The molecule has 0 heterocycles. The number of nitrogens with two attached hydrogens (primary N) is 1. The van der Waals surface area contributed by atoms with E-state index in [9.17, 15) is 39.9 Å². The lowest BCUT2D eigenvalue weighted by Gasteiger charge is -2.53. The van der Waals surface area contributed by atoms with Crippen molar-refractivity contribution in [3.05, 3.63) is 40.2 Å². The molecule has 0 saturated heterocycles. The second kappa shape index (κ2) is 8.82. The summed E-state index contributed by atoms with van der Waals surface area (Å²) in [4.78, 5) is 40.7. The van der Waals surface area contributed by atoms with E-state index in [-0.39, 0.29) is 17.4 Å². The molecule has 2 fully saturated rings. The standard InChI is InChI=1S/C27H33N3O8/c1-10-12-8-9-13(29-11-6-4-5-7-11)20(31)15(12)21(32)16-14(10)22(33)18-19(30(2)3)23(34)17(26(28)37)25(36)27(18,38)24(16)35/h8-11,14,18-19,22,29,31-33,36,38H,4-7H2,1-3H3,(H2,28,37)/t10-,14+,18-,19-,22+,27+/m1/s1. The predicted octanol–water partition coefficient (Wildman–Crippen LogP) is 0.850. The van der Waals surface area contributed by atoms with Crippen molar-refractivity contribution in [2.24, 2.45) is 17.6 Å². The van der Waals surface area contributed by atoms with E-state index < -0.39 is 75.6 Å². The zero-order valence-electron chi connectivity index (χ0n) is 21.4. The minimum absolute atomic E-state index is 0.0102. The number of fused-ring (bicyclic) bond motifs is 3. The molecule has 1 aromatic carbocycles. The molecule has 0 aromatic heterocycles. The Morgan fingerprint density at radius 3 is 2.34 bits per heavy atom. The quantitative estimate of drug-likeness (QED) is 0.218. The molecular formula is C27H33N3O8. The van der Waals surface area contributed by atoms with Gasteiger partial charge in [-0.1, -0.05) is 25.8 Å². The molecule has 1 aromatic rings. The van der Waals surface area contributed by atoms with E-state index in [0.29, 0.717) is 11.3 Å². The zero-order chi connectivity index (χ0) is 27.8. The molecule has 6 atom stereocenters. The fraction of sp³-hybridized carbons (Fsp3) is 0.519. The maximum atomic E-state index is 14.0. The van der Waals surface area contributed by atoms with Gasteiger partial charge in [0, 0.05) is 17.5 Å². The van der Waals surface area contributed by atoms with Crippen LogP contribution in [0.5, 0.6) is 5.75 Å². The number of hydrogen-bond acceptors (Lipinski definition) is 10. The molecule has 11 heteroatoms. The molecule has 204 valence electrons. The van der Waals surface area contributed by atoms with Gasteiger partial charge in [-0.15, -0.1) is 0 Å². The second-order valence-corrected chi connectivity index (χ2v) is 11.1. The Hall–Kier alpha value is -3.41. The molecule has 4 aliphatic carbocycles. The summed E-state index contributed by atoms with van der Waals surface area (Å²) in [5.74, 6) is -8.88. The number of aliphatic hydroxyl groups is 4. The summed E-state index contributed by atoms with van der Waals surface area (Å²) >= 11 is 0. The number of hydrogen-bond donors (Lipinski definition) is 7. The van der Waals surface area contributed by atoms with Crippen molar-refractivity contribution in [3.63, 3.8) is 0 Å². The van der Waals surface area contributed by atoms with E-state index in [1.165, 1.54) is 19.0 Å². The average molecular weight is 528 g/mol. The lowest BCUT2D eigenvalue weighted by molar-refractivity contribution is -0.169. The number of aromatic hydroxyl groups is 1. The zero-order valence-corrected chi connectivity index (χ0v) is 21.4. The van der Waals surface area contributed by atoms with Crippen molar-refractivity contribution >= 4 is 28.9 Å². The molecule has 0 radical (unpaired) electrons. The number of carbonyl (C=O) groups excluding carboxylic acids is 3. The van der Waals surface area contributed by atoms with Gasteiger partial charge in [0.25, 0.3) is 5.91 Å². The Kier molecular flexibility index (Phi) is 6.08. The summed E-state index contributed by atoms with van der Waals surface area (Å²) in [5.41, 5.74) is 1.93. The first-order valence-corrected chi connectivity index (χ1v) is 12.8. The van der Waals surface area contributed by atoms with Crippen LogP contribution in [-0.4, -0.2) is 85.8 Å². The van der Waals surface area contributed by atoms with Crippen LogP contribution in [0.1, 0.15) is 49.7 Å². The van der Waals surface area contributed by atoms with Crippen LogP contribution >= 0.6 is 0 Å². The summed E-state index contributed by atoms with van der Waals surface area (Å²) in [5, 5.41) is 60.2. The van der Waals surface area contributed by atoms with Crippen LogP contribution in [0.3, 0.4) is 0 Å². The summed E-state index contributed by atoms with van der Waals surface area (Å²) in [6.45, 7) is 1.71. The van der Waals surface area contributed by atoms with Gasteiger partial charge in [0.2, 0.25) is 5.78 Å². The molecule has 0 unspecified atom stereocenters. The number of Topliss-reactive ketones (excluding diaryl/α,β-unsaturated/α-hetero) is 2. The number of likely N-dealkylation sites (N-methyl/N-ethyl adjacent to an activating group) is 1. The highest BCUT2D eigenvalue weighted by Crippen LogP contribution is 2.56. The van der Waals surface area contributed by atoms with Crippen molar-refractivity contribution < 1.29 is 39.9 Å². The van der Waals surface area contributed by atoms with Gasteiger partial charge in [-0.05, 0) is 44.5 Å². The number of primary amides is 1. The molecule has 5 rings (SSSR count). The molecule has 0 aliphatic heterocycles. The van der Waals surface area contributed by atoms with E-state index in [0.717, 1.165) is 25.7 Å². The van der Waals surface area contributed by atoms with Gasteiger partial charge in [0.05, 0.1) is 29.3 Å². The smallest absolute Gasteiger partial charge is 0.255 e. The number of anilines is 1. The Labute approximate surface area is 219 Å². The number of ketones is 2. The van der Waals surface area contributed by atoms with Crippen molar-refractivity contribution in [2.75, 3.05) is 19.4 Å². The first kappa shape index (κ1) is 26.2. The van der Waals surface area contributed by atoms with Crippen LogP contribution in [0.15, 0.2) is 29.0 Å². The summed E-state index contributed by atoms with van der Waals surface area (Å²) in [6, 6.07) is 2.18. The van der Waals surface area contributed by atoms with Crippen LogP contribution in [-0.2, 0) is 14.4 Å². The number of nitrogens with zero attached hydrogens (tertiary/aromatic N) is 1. The monoisotopic (exact) mass is 527 g/mol. The molecular weight excluding hydrogens is 494 g/mol. The highest BCUT2D eigenvalue weighted by Gasteiger charge is 2.68. The van der Waals surface area contributed by atoms with Gasteiger partial charge in [0.15, 0.2) is 11.4 Å². The second-order valence-electron chi connectivity index (χ2n) is 11.1. The van der Waals surface area contributed by atoms with Crippen LogP contribution < -0.4 is 11.1 Å². The van der Waals surface area contributed by atoms with Crippen LogP contribution in [0.2, 0.25) is 0 Å². The predicted molar refractivity (Wildman–Crippen MR) is 136 cm³/mol. The Bertz CT molecular complexity index is 1310. The van der Waals surface area contributed by atoms with E-state index in [1.54, 1.807) is 19.1 Å². The van der Waals surface area contributed by atoms with Gasteiger partial charge in [-0.3, -0.25) is 19.3 Å². The topological polar surface area (TPSA) is 194 Å². The van der Waals surface area contributed by atoms with E-state index >= 15 is 0 Å². The van der Waals surface area contributed by atoms with Crippen LogP contribution in [0.4, 0.5) is 5.69 Å². The molecule has 1 amide bonds. The average Bonchev–Trinajstić information content (AvgIpc) is 3.35. The molecule has 8 N–H and O–H groups in total. The van der Waals surface area contributed by atoms with Crippen molar-refractivity contribution in [3.8, 4) is 5.75 Å². The number of carbonyl (C=O) groups is 3. The van der Waals surface area contributed by atoms with Gasteiger partial charge < -0.3 is 36.6 Å². The number of phenolic OH excluding ortho intramolecular Hbond substituents is 1. The third kappa shape index (κ3) is 3.35. The lowest BCUT2D eigenvalue weighted by Crippen LogP contribution is -2.70. The Morgan fingerprint density at radius 1 is 1.13 bits per heavy atom. The number of amides is 1. The minimum Gasteiger partial charge on any atom is -0.508 e. The van der Waals surface area contributed by atoms with Gasteiger partial charge in [-0.2, -0.15) is 0 Å². The van der Waals surface area contributed by atoms with Gasteiger partial charge >= 0.3 is 0 Å². The van der Waals surface area contributed by atoms with E-state index in [2.05, 4.69) is 5.32 Å². The summed E-state index contributed by atoms with van der Waals surface area (Å²) < 4.78 is 0. The van der Waals surface area contributed by atoms with Crippen molar-refractivity contribution in [1.82, 2.24) is 4.90 Å². The third-order valence-electron chi connectivity index (χ3n) is 8.84. The van der Waals surface area contributed by atoms with E-state index in [1.807, 2.05) is 0 Å². The van der Waals surface area contributed by atoms with Crippen molar-refractivity contribution in [2.45, 2.75) is 62.3 Å². The van der Waals surface area contributed by atoms with Gasteiger partial charge in [-0.25, -0.2) is 0 Å². The number of benzene rings is 1. The maximum absolute atomic E-state index is 14.0. The molecule has 0 bridgehead atoms. The fourth-order valence-electron chi connectivity index (χ4n) is 7.02. The summed E-state index contributed by atoms with van der Waals surface area (Å²) in [6.07, 6.45) is 2.38. The van der Waals surface area contributed by atoms with Crippen molar-refractivity contribution in [1.29, 1.82) is 0 Å². The molecule has 0 spiro atoms. The maximum Gasteiger partial charge on any atom is 0.255 e. The normalized spacial score (nSPS) is 33.4. The third-order valence-corrected chi connectivity index (χ3v) is 8.84. The SMILES string of the molecule is C[C@@H]1c2ccc(NC3CCCC3)c(O)c2C(O)=C2C(=O)[C@]3(O)C(O)=C(C(N)=O)C(=O)[C@H](N(C)C)[C@@H]3[C@@H](O)[C@H]21. The molecule has 11 nitrogen and oxygen atoms in total. The highest BCUT2D eigenvalue weighted by atomic mass is 16.4. The van der Waals surface area contributed by atoms with Crippen LogP contribution in [0, 0.1) is 11.8 Å².